The second kappa shape index (κ2) is 10.4. The average Bonchev–Trinajstić information content (AvgIpc) is 3.17. The maximum Gasteiger partial charge on any atom is 0.254 e. The molecule has 2 amide bonds. The van der Waals surface area contributed by atoms with Crippen molar-refractivity contribution in [2.75, 3.05) is 18.4 Å². The van der Waals surface area contributed by atoms with E-state index in [1.807, 2.05) is 51.1 Å². The molecule has 1 N–H and O–H groups in total. The van der Waals surface area contributed by atoms with Crippen LogP contribution >= 0.6 is 11.6 Å². The van der Waals surface area contributed by atoms with Crippen LogP contribution in [0.25, 0.3) is 5.69 Å². The summed E-state index contributed by atoms with van der Waals surface area (Å²) in [6, 6.07) is 16.5. The molecule has 1 heterocycles. The molecule has 0 unspecified atom stereocenters. The largest absolute Gasteiger partial charge is 0.329 e. The number of aryl methyl sites for hydroxylation is 1. The van der Waals surface area contributed by atoms with Gasteiger partial charge in [-0.05, 0) is 49.2 Å². The van der Waals surface area contributed by atoms with Crippen molar-refractivity contribution in [1.82, 2.24) is 14.7 Å². The third-order valence-electron chi connectivity index (χ3n) is 5.32. The summed E-state index contributed by atoms with van der Waals surface area (Å²) in [5.41, 5.74) is 3.06. The van der Waals surface area contributed by atoms with E-state index in [4.69, 9.17) is 16.7 Å². The van der Waals surface area contributed by atoms with Gasteiger partial charge in [0.1, 0.15) is 12.4 Å². The van der Waals surface area contributed by atoms with Crippen LogP contribution in [0.5, 0.6) is 0 Å². The predicted octanol–water partition coefficient (Wildman–Crippen LogP) is 5.87. The number of hydrogen-bond acceptors (Lipinski definition) is 3. The van der Waals surface area contributed by atoms with Crippen LogP contribution in [0.15, 0.2) is 54.6 Å². The SMILES string of the molecule is Cc1ccc(C(=O)N(CC(=O)Nc2cc(C(C)(C)C)nn2-c2ccc(Cl)cc2)CC(C)C)cc1. The number of nitrogens with zero attached hydrogens (tertiary/aromatic N) is 3. The molecule has 3 aromatic rings. The Morgan fingerprint density at radius 2 is 1.68 bits per heavy atom. The minimum Gasteiger partial charge on any atom is -0.329 e. The average molecular weight is 481 g/mol. The number of hydrogen-bond donors (Lipinski definition) is 1. The van der Waals surface area contributed by atoms with Crippen LogP contribution in [0.4, 0.5) is 5.82 Å². The Bertz CT molecular complexity index is 1140. The third kappa shape index (κ3) is 6.48. The summed E-state index contributed by atoms with van der Waals surface area (Å²) in [4.78, 5) is 27.9. The number of carbonyl (C=O) groups is 2. The van der Waals surface area contributed by atoms with E-state index in [2.05, 4.69) is 26.1 Å². The number of rotatable bonds is 7. The Labute approximate surface area is 206 Å². The lowest BCUT2D eigenvalue weighted by atomic mass is 9.92. The highest BCUT2D eigenvalue weighted by molar-refractivity contribution is 6.30. The van der Waals surface area contributed by atoms with Gasteiger partial charge < -0.3 is 10.2 Å². The standard InChI is InChI=1S/C27H33ClN4O2/c1-18(2)16-31(26(34)20-9-7-19(3)8-10-20)17-25(33)29-24-15-23(27(4,5)6)30-32(24)22-13-11-21(28)12-14-22/h7-15,18H,16-17H2,1-6H3,(H,29,33). The molecule has 2 aromatic carbocycles. The quantitative estimate of drug-likeness (QED) is 0.460. The Kier molecular flexibility index (Phi) is 7.82. The van der Waals surface area contributed by atoms with E-state index in [-0.39, 0.29) is 29.7 Å². The zero-order valence-electron chi connectivity index (χ0n) is 20.7. The molecule has 3 rings (SSSR count). The molecule has 0 saturated carbocycles. The lowest BCUT2D eigenvalue weighted by Gasteiger charge is -2.24. The molecular formula is C27H33ClN4O2. The molecule has 1 aromatic heterocycles. The molecule has 0 spiro atoms. The Balaban J connectivity index is 1.86. The first-order valence-electron chi connectivity index (χ1n) is 11.5. The molecule has 0 fully saturated rings. The zero-order valence-corrected chi connectivity index (χ0v) is 21.5. The summed E-state index contributed by atoms with van der Waals surface area (Å²) in [6.07, 6.45) is 0. The van der Waals surface area contributed by atoms with E-state index < -0.39 is 0 Å². The van der Waals surface area contributed by atoms with Gasteiger partial charge >= 0.3 is 0 Å². The molecule has 0 atom stereocenters. The summed E-state index contributed by atoms with van der Waals surface area (Å²) in [7, 11) is 0. The van der Waals surface area contributed by atoms with Gasteiger partial charge in [0.25, 0.3) is 5.91 Å². The van der Waals surface area contributed by atoms with Crippen LogP contribution in [0, 0.1) is 12.8 Å². The molecule has 6 nitrogen and oxygen atoms in total. The topological polar surface area (TPSA) is 67.2 Å². The number of anilines is 1. The summed E-state index contributed by atoms with van der Waals surface area (Å²) < 4.78 is 1.70. The number of halogens is 1. The zero-order chi connectivity index (χ0) is 25.0. The van der Waals surface area contributed by atoms with Crippen molar-refractivity contribution < 1.29 is 9.59 Å². The molecule has 0 aliphatic rings. The first kappa shape index (κ1) is 25.5. The van der Waals surface area contributed by atoms with E-state index in [9.17, 15) is 9.59 Å². The number of nitrogens with one attached hydrogen (secondary N) is 1. The number of amides is 2. The van der Waals surface area contributed by atoms with Gasteiger partial charge in [-0.3, -0.25) is 9.59 Å². The lowest BCUT2D eigenvalue weighted by molar-refractivity contribution is -0.117. The van der Waals surface area contributed by atoms with Crippen molar-refractivity contribution in [3.8, 4) is 5.69 Å². The number of carbonyl (C=O) groups excluding carboxylic acids is 2. The normalized spacial score (nSPS) is 11.5. The Morgan fingerprint density at radius 1 is 1.06 bits per heavy atom. The van der Waals surface area contributed by atoms with Gasteiger partial charge in [-0.25, -0.2) is 4.68 Å². The number of benzene rings is 2. The summed E-state index contributed by atoms with van der Waals surface area (Å²) in [6.45, 7) is 12.7. The van der Waals surface area contributed by atoms with Crippen molar-refractivity contribution in [2.24, 2.45) is 5.92 Å². The molecule has 0 aliphatic carbocycles. The second-order valence-electron chi connectivity index (χ2n) is 10.0. The van der Waals surface area contributed by atoms with Crippen molar-refractivity contribution in [2.45, 2.75) is 47.0 Å². The van der Waals surface area contributed by atoms with Crippen LogP contribution in [0.2, 0.25) is 5.02 Å². The van der Waals surface area contributed by atoms with E-state index in [1.165, 1.54) is 0 Å². The first-order chi connectivity index (χ1) is 15.9. The van der Waals surface area contributed by atoms with Crippen LogP contribution in [-0.4, -0.2) is 39.6 Å². The van der Waals surface area contributed by atoms with Crippen LogP contribution in [0.1, 0.15) is 56.2 Å². The van der Waals surface area contributed by atoms with Gasteiger partial charge in [0.05, 0.1) is 11.4 Å². The molecule has 0 aliphatic heterocycles. The molecule has 34 heavy (non-hydrogen) atoms. The van der Waals surface area contributed by atoms with Gasteiger partial charge in [0.15, 0.2) is 0 Å². The molecule has 0 saturated heterocycles. The highest BCUT2D eigenvalue weighted by atomic mass is 35.5. The summed E-state index contributed by atoms with van der Waals surface area (Å²) >= 11 is 6.05. The van der Waals surface area contributed by atoms with Crippen LogP contribution in [0.3, 0.4) is 0 Å². The van der Waals surface area contributed by atoms with Crippen molar-refractivity contribution in [3.63, 3.8) is 0 Å². The minimum atomic E-state index is -0.281. The van der Waals surface area contributed by atoms with E-state index in [1.54, 1.807) is 33.8 Å². The van der Waals surface area contributed by atoms with Crippen molar-refractivity contribution >= 4 is 29.2 Å². The number of aromatic nitrogens is 2. The molecule has 0 bridgehead atoms. The van der Waals surface area contributed by atoms with Crippen LogP contribution in [-0.2, 0) is 10.2 Å². The van der Waals surface area contributed by atoms with Crippen molar-refractivity contribution in [1.29, 1.82) is 0 Å². The van der Waals surface area contributed by atoms with Gasteiger partial charge in [0.2, 0.25) is 5.91 Å². The van der Waals surface area contributed by atoms with E-state index >= 15 is 0 Å². The van der Waals surface area contributed by atoms with Crippen LogP contribution < -0.4 is 5.32 Å². The second-order valence-corrected chi connectivity index (χ2v) is 10.5. The van der Waals surface area contributed by atoms with Gasteiger partial charge in [-0.1, -0.05) is 63.9 Å². The van der Waals surface area contributed by atoms with Gasteiger partial charge in [-0.15, -0.1) is 0 Å². The fourth-order valence-electron chi connectivity index (χ4n) is 3.51. The van der Waals surface area contributed by atoms with Gasteiger partial charge in [-0.2, -0.15) is 5.10 Å². The monoisotopic (exact) mass is 480 g/mol. The fraction of sp³-hybridized carbons (Fsp3) is 0.370. The van der Waals surface area contributed by atoms with Gasteiger partial charge in [0, 0.05) is 28.6 Å². The highest BCUT2D eigenvalue weighted by Gasteiger charge is 2.24. The maximum absolute atomic E-state index is 13.2. The fourth-order valence-corrected chi connectivity index (χ4v) is 3.64. The van der Waals surface area contributed by atoms with E-state index in [0.717, 1.165) is 16.9 Å². The molecule has 180 valence electrons. The molecule has 0 radical (unpaired) electrons. The summed E-state index contributed by atoms with van der Waals surface area (Å²) in [5, 5.41) is 8.32. The predicted molar refractivity (Wildman–Crippen MR) is 138 cm³/mol. The smallest absolute Gasteiger partial charge is 0.254 e. The Hall–Kier alpha value is -3.12. The minimum absolute atomic E-state index is 0.0540. The molecule has 7 heteroatoms. The van der Waals surface area contributed by atoms with E-state index in [0.29, 0.717) is 22.9 Å². The molecular weight excluding hydrogens is 448 g/mol. The Morgan fingerprint density at radius 3 is 2.24 bits per heavy atom. The third-order valence-corrected chi connectivity index (χ3v) is 5.57. The van der Waals surface area contributed by atoms with Crippen molar-refractivity contribution in [3.05, 3.63) is 76.4 Å². The first-order valence-corrected chi connectivity index (χ1v) is 11.8. The lowest BCUT2D eigenvalue weighted by Crippen LogP contribution is -2.40. The highest BCUT2D eigenvalue weighted by Crippen LogP contribution is 2.27. The maximum atomic E-state index is 13.2. The summed E-state index contributed by atoms with van der Waals surface area (Å²) in [5.74, 6) is 0.320.